The van der Waals surface area contributed by atoms with Crippen molar-refractivity contribution in [1.29, 1.82) is 0 Å². The van der Waals surface area contributed by atoms with E-state index < -0.39 is 11.7 Å². The molecule has 0 aromatic heterocycles. The molecule has 0 N–H and O–H groups in total. The maximum atomic E-state index is 11.4. The summed E-state index contributed by atoms with van der Waals surface area (Å²) in [5.41, 5.74) is 0.524. The number of ether oxygens (including phenoxy) is 2. The number of rotatable bonds is 3. The normalized spacial score (nSPS) is 26.8. The molecule has 3 heteroatoms. The molecule has 2 unspecified atom stereocenters. The van der Waals surface area contributed by atoms with Crippen LogP contribution < -0.4 is 0 Å². The van der Waals surface area contributed by atoms with Crippen LogP contribution in [0.4, 0.5) is 0 Å². The lowest BCUT2D eigenvalue weighted by Gasteiger charge is -2.05. The van der Waals surface area contributed by atoms with Gasteiger partial charge in [0.05, 0.1) is 6.61 Å². The van der Waals surface area contributed by atoms with E-state index in [0.717, 1.165) is 5.56 Å². The second-order valence-corrected chi connectivity index (χ2v) is 3.72. The Kier molecular flexibility index (Phi) is 3.70. The lowest BCUT2D eigenvalue weighted by Crippen LogP contribution is -2.18. The average molecular weight is 222 g/mol. The molecule has 0 spiro atoms. The number of carbonyl (C=O) groups is 1. The van der Waals surface area contributed by atoms with Gasteiger partial charge in [0.25, 0.3) is 0 Å². The van der Waals surface area contributed by atoms with E-state index in [2.05, 4.69) is 0 Å². The summed E-state index contributed by atoms with van der Waals surface area (Å²) in [5, 5.41) is 0. The maximum absolute atomic E-state index is 11.4. The number of esters is 1. The van der Waals surface area contributed by atoms with Gasteiger partial charge in [0.1, 0.15) is 5.60 Å². The molecule has 1 aromatic rings. The first-order chi connectivity index (χ1) is 7.18. The van der Waals surface area contributed by atoms with Crippen LogP contribution in [0.3, 0.4) is 0 Å². The van der Waals surface area contributed by atoms with Crippen molar-refractivity contribution in [3.8, 4) is 0 Å². The molecular formula is C13H18O3. The second-order valence-electron chi connectivity index (χ2n) is 3.72. The quantitative estimate of drug-likeness (QED) is 0.582. The van der Waals surface area contributed by atoms with E-state index in [1.807, 2.05) is 37.3 Å². The minimum atomic E-state index is -0.493. The van der Waals surface area contributed by atoms with Crippen LogP contribution in [0, 0.1) is 0 Å². The van der Waals surface area contributed by atoms with Gasteiger partial charge in [0, 0.05) is 0 Å². The summed E-state index contributed by atoms with van der Waals surface area (Å²) in [6, 6.07) is 9.72. The van der Waals surface area contributed by atoms with Crippen molar-refractivity contribution in [3.05, 3.63) is 35.9 Å². The van der Waals surface area contributed by atoms with E-state index in [1.165, 1.54) is 0 Å². The molecule has 3 nitrogen and oxygen atoms in total. The predicted octanol–water partition coefficient (Wildman–Crippen LogP) is 2.50. The van der Waals surface area contributed by atoms with Crippen LogP contribution in [0.15, 0.2) is 30.3 Å². The summed E-state index contributed by atoms with van der Waals surface area (Å²) in [6.45, 7) is 4.09. The highest BCUT2D eigenvalue weighted by Gasteiger charge is 2.59. The summed E-state index contributed by atoms with van der Waals surface area (Å²) >= 11 is 0. The van der Waals surface area contributed by atoms with Crippen molar-refractivity contribution < 1.29 is 14.3 Å². The Labute approximate surface area is 96.4 Å². The lowest BCUT2D eigenvalue weighted by molar-refractivity contribution is -0.144. The zero-order valence-corrected chi connectivity index (χ0v) is 8.90. The Bertz CT molecular complexity index is 361. The molecule has 0 saturated carbocycles. The van der Waals surface area contributed by atoms with Gasteiger partial charge in [-0.15, -0.1) is 0 Å². The van der Waals surface area contributed by atoms with Gasteiger partial charge in [-0.2, -0.15) is 0 Å². The molecule has 2 atom stereocenters. The highest BCUT2D eigenvalue weighted by Crippen LogP contribution is 2.46. The van der Waals surface area contributed by atoms with Crippen molar-refractivity contribution in [1.82, 2.24) is 0 Å². The third-order valence-corrected chi connectivity index (χ3v) is 2.65. The number of carbonyl (C=O) groups excluding carboxylic acids is 1. The summed E-state index contributed by atoms with van der Waals surface area (Å²) < 4.78 is 10.3. The highest BCUT2D eigenvalue weighted by atomic mass is 16.7. The standard InChI is InChI=1S/C12H14O3.CH4/c1-3-14-11(13)10-12(2,15-10)9-7-5-4-6-8-9;/h4-8,10H,3H2,1-2H3;1H4. The summed E-state index contributed by atoms with van der Waals surface area (Å²) in [6.07, 6.45) is -0.445. The SMILES string of the molecule is C.CCOC(=O)C1OC1(C)c1ccccc1. The molecule has 0 bridgehead atoms. The van der Waals surface area contributed by atoms with Gasteiger partial charge in [0.15, 0.2) is 6.10 Å². The fourth-order valence-electron chi connectivity index (χ4n) is 1.69. The molecule has 2 rings (SSSR count). The molecule has 88 valence electrons. The van der Waals surface area contributed by atoms with E-state index in [4.69, 9.17) is 9.47 Å². The van der Waals surface area contributed by atoms with Crippen LogP contribution in [0.1, 0.15) is 26.8 Å². The van der Waals surface area contributed by atoms with Gasteiger partial charge in [0.2, 0.25) is 0 Å². The van der Waals surface area contributed by atoms with E-state index >= 15 is 0 Å². The Hall–Kier alpha value is -1.35. The first-order valence-electron chi connectivity index (χ1n) is 5.08. The molecule has 1 saturated heterocycles. The van der Waals surface area contributed by atoms with Crippen LogP contribution in [0.5, 0.6) is 0 Å². The van der Waals surface area contributed by atoms with Crippen LogP contribution >= 0.6 is 0 Å². The van der Waals surface area contributed by atoms with Gasteiger partial charge in [-0.3, -0.25) is 0 Å². The van der Waals surface area contributed by atoms with E-state index in [-0.39, 0.29) is 13.4 Å². The van der Waals surface area contributed by atoms with Gasteiger partial charge >= 0.3 is 5.97 Å². The second kappa shape index (κ2) is 4.66. The van der Waals surface area contributed by atoms with Crippen LogP contribution in [-0.2, 0) is 19.9 Å². The van der Waals surface area contributed by atoms with Crippen LogP contribution in [0.2, 0.25) is 0 Å². The molecule has 0 radical (unpaired) electrons. The number of hydrogen-bond acceptors (Lipinski definition) is 3. The molecule has 16 heavy (non-hydrogen) atoms. The molecular weight excluding hydrogens is 204 g/mol. The van der Waals surface area contributed by atoms with Crippen molar-refractivity contribution in [2.75, 3.05) is 6.61 Å². The molecule has 1 fully saturated rings. The summed E-state index contributed by atoms with van der Waals surface area (Å²) in [4.78, 5) is 11.4. The molecule has 0 aliphatic carbocycles. The third kappa shape index (κ3) is 2.09. The number of epoxide rings is 1. The first kappa shape index (κ1) is 12.7. The zero-order chi connectivity index (χ0) is 10.9. The minimum absolute atomic E-state index is 0. The lowest BCUT2D eigenvalue weighted by atomic mass is 9.97. The predicted molar refractivity (Wildman–Crippen MR) is 62.0 cm³/mol. The molecule has 1 heterocycles. The monoisotopic (exact) mass is 222 g/mol. The van der Waals surface area contributed by atoms with Crippen LogP contribution in [0.25, 0.3) is 0 Å². The molecule has 1 aliphatic rings. The van der Waals surface area contributed by atoms with Gasteiger partial charge < -0.3 is 9.47 Å². The number of benzene rings is 1. The Morgan fingerprint density at radius 3 is 2.62 bits per heavy atom. The molecule has 1 aliphatic heterocycles. The summed E-state index contributed by atoms with van der Waals surface area (Å²) in [7, 11) is 0. The number of hydrogen-bond donors (Lipinski definition) is 0. The third-order valence-electron chi connectivity index (χ3n) is 2.65. The fourth-order valence-corrected chi connectivity index (χ4v) is 1.69. The van der Waals surface area contributed by atoms with Gasteiger partial charge in [-0.25, -0.2) is 4.79 Å². The van der Waals surface area contributed by atoms with Crippen molar-refractivity contribution >= 4 is 5.97 Å². The Morgan fingerprint density at radius 2 is 2.06 bits per heavy atom. The van der Waals surface area contributed by atoms with E-state index in [1.54, 1.807) is 6.92 Å². The van der Waals surface area contributed by atoms with Crippen LogP contribution in [-0.4, -0.2) is 18.7 Å². The van der Waals surface area contributed by atoms with E-state index in [9.17, 15) is 4.79 Å². The van der Waals surface area contributed by atoms with Crippen molar-refractivity contribution in [3.63, 3.8) is 0 Å². The highest BCUT2D eigenvalue weighted by molar-refractivity contribution is 5.79. The van der Waals surface area contributed by atoms with Gasteiger partial charge in [-0.1, -0.05) is 37.8 Å². The smallest absolute Gasteiger partial charge is 0.338 e. The zero-order valence-electron chi connectivity index (χ0n) is 8.90. The topological polar surface area (TPSA) is 38.8 Å². The largest absolute Gasteiger partial charge is 0.464 e. The van der Waals surface area contributed by atoms with Crippen molar-refractivity contribution in [2.24, 2.45) is 0 Å². The summed E-state index contributed by atoms with van der Waals surface area (Å²) in [5.74, 6) is -0.274. The Morgan fingerprint density at radius 1 is 1.44 bits per heavy atom. The minimum Gasteiger partial charge on any atom is -0.464 e. The average Bonchev–Trinajstić information content (AvgIpc) is 2.94. The Balaban J connectivity index is 0.00000128. The van der Waals surface area contributed by atoms with Gasteiger partial charge in [-0.05, 0) is 19.4 Å². The first-order valence-corrected chi connectivity index (χ1v) is 5.08. The molecule has 0 amide bonds. The fraction of sp³-hybridized carbons (Fsp3) is 0.462. The van der Waals surface area contributed by atoms with Crippen molar-refractivity contribution in [2.45, 2.75) is 33.0 Å². The molecule has 1 aromatic carbocycles. The van der Waals surface area contributed by atoms with E-state index in [0.29, 0.717) is 6.61 Å². The maximum Gasteiger partial charge on any atom is 0.338 e.